The Labute approximate surface area is 92.6 Å². The Morgan fingerprint density at radius 3 is 2.71 bits per heavy atom. The van der Waals surface area contributed by atoms with Crippen LogP contribution in [-0.2, 0) is 16.6 Å². The van der Waals surface area contributed by atoms with Crippen LogP contribution in [-0.4, -0.2) is 30.0 Å². The number of aromatic nitrogens is 1. The van der Waals surface area contributed by atoms with Gasteiger partial charge in [-0.25, -0.2) is 13.4 Å². The molecule has 14 heavy (non-hydrogen) atoms. The third kappa shape index (κ3) is 2.91. The Balaban J connectivity index is 2.71. The molecule has 80 valence electrons. The van der Waals surface area contributed by atoms with E-state index in [-0.39, 0.29) is 5.21 Å². The molecular formula is C7H11ClN2O2S2. The number of halogens is 1. The molecule has 1 aromatic heterocycles. The first kappa shape index (κ1) is 11.9. The van der Waals surface area contributed by atoms with Crippen LogP contribution in [0.15, 0.2) is 6.20 Å². The standard InChI is InChI=1S/C7H11ClN2O2S2/c1-6-9-3-7(13-6)4-10(2)14(11,12)5-8/h3H,4-5H2,1-2H3. The lowest BCUT2D eigenvalue weighted by Gasteiger charge is -2.13. The van der Waals surface area contributed by atoms with Gasteiger partial charge >= 0.3 is 0 Å². The summed E-state index contributed by atoms with van der Waals surface area (Å²) in [5, 5.41) is 0.540. The van der Waals surface area contributed by atoms with Crippen LogP contribution in [0.25, 0.3) is 0 Å². The fourth-order valence-electron chi connectivity index (χ4n) is 0.880. The highest BCUT2D eigenvalue weighted by Gasteiger charge is 2.17. The van der Waals surface area contributed by atoms with Gasteiger partial charge in [-0.2, -0.15) is 4.31 Å². The van der Waals surface area contributed by atoms with Gasteiger partial charge < -0.3 is 0 Å². The average molecular weight is 255 g/mol. The molecule has 0 unspecified atom stereocenters. The molecule has 0 N–H and O–H groups in total. The number of rotatable bonds is 4. The summed E-state index contributed by atoms with van der Waals surface area (Å²) in [5.41, 5.74) is 0. The van der Waals surface area contributed by atoms with Gasteiger partial charge in [0.15, 0.2) is 0 Å². The summed E-state index contributed by atoms with van der Waals surface area (Å²) in [4.78, 5) is 4.96. The summed E-state index contributed by atoms with van der Waals surface area (Å²) in [7, 11) is -1.80. The first-order valence-electron chi connectivity index (χ1n) is 3.87. The average Bonchev–Trinajstić information content (AvgIpc) is 2.51. The number of thiazole rings is 1. The second-order valence-corrected chi connectivity index (χ2v) is 6.80. The van der Waals surface area contributed by atoms with E-state index in [0.717, 1.165) is 9.88 Å². The summed E-state index contributed by atoms with van der Waals surface area (Å²) < 4.78 is 23.8. The zero-order chi connectivity index (χ0) is 10.8. The highest BCUT2D eigenvalue weighted by atomic mass is 35.5. The Bertz CT molecular complexity index is 402. The van der Waals surface area contributed by atoms with Gasteiger partial charge in [0.2, 0.25) is 10.0 Å². The van der Waals surface area contributed by atoms with Crippen molar-refractivity contribution in [1.29, 1.82) is 0 Å². The lowest BCUT2D eigenvalue weighted by molar-refractivity contribution is 0.473. The smallest absolute Gasteiger partial charge is 0.228 e. The van der Waals surface area contributed by atoms with Gasteiger partial charge in [-0.3, -0.25) is 0 Å². The second kappa shape index (κ2) is 4.57. The minimum absolute atomic E-state index is 0.334. The van der Waals surface area contributed by atoms with Gasteiger partial charge in [0.05, 0.1) is 5.01 Å². The molecule has 4 nitrogen and oxygen atoms in total. The van der Waals surface area contributed by atoms with E-state index < -0.39 is 10.0 Å². The van der Waals surface area contributed by atoms with E-state index in [4.69, 9.17) is 11.6 Å². The molecule has 0 aliphatic heterocycles. The molecule has 0 aliphatic carbocycles. The molecule has 0 spiro atoms. The molecule has 0 saturated heterocycles. The van der Waals surface area contributed by atoms with Crippen LogP contribution in [0.3, 0.4) is 0 Å². The zero-order valence-corrected chi connectivity index (χ0v) is 10.3. The van der Waals surface area contributed by atoms with E-state index >= 15 is 0 Å². The third-order valence-corrected chi connectivity index (χ3v) is 4.74. The predicted octanol–water partition coefficient (Wildman–Crippen LogP) is 1.41. The van der Waals surface area contributed by atoms with Crippen LogP contribution in [0, 0.1) is 6.92 Å². The van der Waals surface area contributed by atoms with Crippen molar-refractivity contribution in [2.75, 3.05) is 12.3 Å². The van der Waals surface area contributed by atoms with Crippen LogP contribution < -0.4 is 0 Å². The molecular weight excluding hydrogens is 244 g/mol. The first-order valence-corrected chi connectivity index (χ1v) is 6.83. The molecule has 1 heterocycles. The van der Waals surface area contributed by atoms with Crippen LogP contribution in [0.2, 0.25) is 0 Å². The molecule has 0 aliphatic rings. The van der Waals surface area contributed by atoms with Gasteiger partial charge in [-0.15, -0.1) is 22.9 Å². The van der Waals surface area contributed by atoms with Crippen molar-refractivity contribution in [1.82, 2.24) is 9.29 Å². The monoisotopic (exact) mass is 254 g/mol. The molecule has 1 aromatic rings. The SMILES string of the molecule is Cc1ncc(CN(C)S(=O)(=O)CCl)s1. The van der Waals surface area contributed by atoms with E-state index in [0.29, 0.717) is 6.54 Å². The molecule has 0 amide bonds. The van der Waals surface area contributed by atoms with Crippen molar-refractivity contribution >= 4 is 33.0 Å². The molecule has 0 bridgehead atoms. The van der Waals surface area contributed by atoms with Gasteiger partial charge in [0.25, 0.3) is 0 Å². The highest BCUT2D eigenvalue weighted by molar-refractivity contribution is 7.90. The van der Waals surface area contributed by atoms with Crippen molar-refractivity contribution in [3.05, 3.63) is 16.1 Å². The zero-order valence-electron chi connectivity index (χ0n) is 7.90. The Morgan fingerprint density at radius 2 is 2.29 bits per heavy atom. The van der Waals surface area contributed by atoms with Crippen molar-refractivity contribution in [3.63, 3.8) is 0 Å². The van der Waals surface area contributed by atoms with Crippen molar-refractivity contribution in [2.45, 2.75) is 13.5 Å². The largest absolute Gasteiger partial charge is 0.250 e. The normalized spacial score (nSPS) is 12.3. The minimum atomic E-state index is -3.31. The number of nitrogens with zero attached hydrogens (tertiary/aromatic N) is 2. The molecule has 7 heteroatoms. The highest BCUT2D eigenvalue weighted by Crippen LogP contribution is 2.15. The fraction of sp³-hybridized carbons (Fsp3) is 0.571. The van der Waals surface area contributed by atoms with E-state index in [2.05, 4.69) is 4.98 Å². The topological polar surface area (TPSA) is 50.3 Å². The van der Waals surface area contributed by atoms with Crippen LogP contribution in [0.5, 0.6) is 0 Å². The van der Waals surface area contributed by atoms with E-state index in [1.54, 1.807) is 6.20 Å². The Kier molecular flexibility index (Phi) is 3.88. The van der Waals surface area contributed by atoms with Gasteiger partial charge in [-0.05, 0) is 6.92 Å². The van der Waals surface area contributed by atoms with Crippen LogP contribution >= 0.6 is 22.9 Å². The molecule has 1 rings (SSSR count). The van der Waals surface area contributed by atoms with E-state index in [9.17, 15) is 8.42 Å². The number of alkyl halides is 1. The molecule has 0 saturated carbocycles. The molecule has 0 atom stereocenters. The fourth-order valence-corrected chi connectivity index (χ4v) is 2.81. The third-order valence-electron chi connectivity index (χ3n) is 1.66. The van der Waals surface area contributed by atoms with Gasteiger partial charge in [0.1, 0.15) is 5.21 Å². The van der Waals surface area contributed by atoms with E-state index in [1.165, 1.54) is 22.7 Å². The molecule has 0 aromatic carbocycles. The lowest BCUT2D eigenvalue weighted by atomic mass is 10.5. The first-order chi connectivity index (χ1) is 6.45. The Morgan fingerprint density at radius 1 is 1.64 bits per heavy atom. The molecule has 0 fully saturated rings. The lowest BCUT2D eigenvalue weighted by Crippen LogP contribution is -2.26. The summed E-state index contributed by atoms with van der Waals surface area (Å²) >= 11 is 6.80. The van der Waals surface area contributed by atoms with Crippen LogP contribution in [0.1, 0.15) is 9.88 Å². The Hall–Kier alpha value is -0.170. The number of aryl methyl sites for hydroxylation is 1. The maximum Gasteiger partial charge on any atom is 0.228 e. The second-order valence-electron chi connectivity index (χ2n) is 2.82. The number of hydrogen-bond donors (Lipinski definition) is 0. The predicted molar refractivity (Wildman–Crippen MR) is 58.0 cm³/mol. The maximum absolute atomic E-state index is 11.3. The number of sulfonamides is 1. The molecule has 0 radical (unpaired) electrons. The van der Waals surface area contributed by atoms with Crippen LogP contribution in [0.4, 0.5) is 0 Å². The van der Waals surface area contributed by atoms with E-state index in [1.807, 2.05) is 6.92 Å². The van der Waals surface area contributed by atoms with Crippen molar-refractivity contribution < 1.29 is 8.42 Å². The maximum atomic E-state index is 11.3. The summed E-state index contributed by atoms with van der Waals surface area (Å²) in [5.74, 6) is 0. The summed E-state index contributed by atoms with van der Waals surface area (Å²) in [6.45, 7) is 2.21. The summed E-state index contributed by atoms with van der Waals surface area (Å²) in [6, 6.07) is 0. The van der Waals surface area contributed by atoms with Gasteiger partial charge in [-0.1, -0.05) is 0 Å². The van der Waals surface area contributed by atoms with Gasteiger partial charge in [0, 0.05) is 24.7 Å². The summed E-state index contributed by atoms with van der Waals surface area (Å²) in [6.07, 6.45) is 1.68. The van der Waals surface area contributed by atoms with Crippen molar-refractivity contribution in [2.24, 2.45) is 0 Å². The quantitative estimate of drug-likeness (QED) is 0.764. The number of hydrogen-bond acceptors (Lipinski definition) is 4. The van der Waals surface area contributed by atoms with Crippen molar-refractivity contribution in [3.8, 4) is 0 Å². The minimum Gasteiger partial charge on any atom is -0.250 e.